The molecular weight excluding hydrogens is 278 g/mol. The van der Waals surface area contributed by atoms with Crippen LogP contribution in [0.4, 0.5) is 5.69 Å². The molecule has 1 aromatic heterocycles. The van der Waals surface area contributed by atoms with E-state index in [0.717, 1.165) is 16.9 Å². The summed E-state index contributed by atoms with van der Waals surface area (Å²) in [6, 6.07) is 6.53. The van der Waals surface area contributed by atoms with Crippen LogP contribution < -0.4 is 5.32 Å². The van der Waals surface area contributed by atoms with E-state index in [1.54, 1.807) is 23.0 Å². The molecule has 2 aromatic rings. The normalized spacial score (nSPS) is 12.0. The van der Waals surface area contributed by atoms with Crippen molar-refractivity contribution >= 4 is 23.3 Å². The number of hydrogen-bond acceptors (Lipinski definition) is 4. The summed E-state index contributed by atoms with van der Waals surface area (Å²) in [7, 11) is 3.19. The third-order valence-electron chi connectivity index (χ3n) is 3.18. The number of methoxy groups -OCH3 is 1. The van der Waals surface area contributed by atoms with Gasteiger partial charge in [0, 0.05) is 29.0 Å². The van der Waals surface area contributed by atoms with Gasteiger partial charge in [-0.25, -0.2) is 4.79 Å². The van der Waals surface area contributed by atoms with Gasteiger partial charge in [-0.1, -0.05) is 11.6 Å². The number of aromatic nitrogens is 2. The number of rotatable bonds is 4. The molecule has 0 aliphatic heterocycles. The van der Waals surface area contributed by atoms with Gasteiger partial charge in [0.05, 0.1) is 13.3 Å². The van der Waals surface area contributed by atoms with Gasteiger partial charge in [0.15, 0.2) is 6.04 Å². The molecule has 2 rings (SSSR count). The number of nitrogens with zero attached hydrogens (tertiary/aromatic N) is 2. The van der Waals surface area contributed by atoms with Gasteiger partial charge in [-0.3, -0.25) is 4.68 Å². The number of nitrogens with one attached hydrogen (secondary N) is 1. The Balaban J connectivity index is 2.31. The van der Waals surface area contributed by atoms with Crippen LogP contribution in [0.3, 0.4) is 0 Å². The van der Waals surface area contributed by atoms with Gasteiger partial charge in [-0.05, 0) is 31.2 Å². The SMILES string of the molecule is COC(=O)C(Nc1ccc(Cl)cc1)c1cnn(C)c1C. The number of esters is 1. The van der Waals surface area contributed by atoms with Crippen molar-refractivity contribution in [2.24, 2.45) is 7.05 Å². The zero-order chi connectivity index (χ0) is 14.7. The molecule has 1 atom stereocenters. The zero-order valence-corrected chi connectivity index (χ0v) is 12.3. The summed E-state index contributed by atoms with van der Waals surface area (Å²) in [5, 5.41) is 7.94. The molecular formula is C14H16ClN3O2. The Morgan fingerprint density at radius 1 is 1.40 bits per heavy atom. The molecule has 6 heteroatoms. The molecule has 0 saturated carbocycles. The van der Waals surface area contributed by atoms with Gasteiger partial charge >= 0.3 is 5.97 Å². The minimum Gasteiger partial charge on any atom is -0.467 e. The first-order valence-corrected chi connectivity index (χ1v) is 6.49. The summed E-state index contributed by atoms with van der Waals surface area (Å²) < 4.78 is 6.58. The van der Waals surface area contributed by atoms with Crippen LogP contribution in [0.1, 0.15) is 17.3 Å². The number of carbonyl (C=O) groups excluding carboxylic acids is 1. The predicted molar refractivity (Wildman–Crippen MR) is 77.8 cm³/mol. The third-order valence-corrected chi connectivity index (χ3v) is 3.43. The number of aryl methyl sites for hydroxylation is 1. The van der Waals surface area contributed by atoms with E-state index < -0.39 is 6.04 Å². The van der Waals surface area contributed by atoms with Crippen molar-refractivity contribution in [2.45, 2.75) is 13.0 Å². The molecule has 20 heavy (non-hydrogen) atoms. The number of carbonyl (C=O) groups is 1. The van der Waals surface area contributed by atoms with Crippen LogP contribution in [-0.2, 0) is 16.6 Å². The average Bonchev–Trinajstić information content (AvgIpc) is 2.78. The lowest BCUT2D eigenvalue weighted by Crippen LogP contribution is -2.22. The lowest BCUT2D eigenvalue weighted by atomic mass is 10.1. The maximum Gasteiger partial charge on any atom is 0.333 e. The monoisotopic (exact) mass is 293 g/mol. The molecule has 0 fully saturated rings. The molecule has 1 aromatic carbocycles. The van der Waals surface area contributed by atoms with Crippen molar-refractivity contribution < 1.29 is 9.53 Å². The summed E-state index contributed by atoms with van der Waals surface area (Å²) in [4.78, 5) is 12.0. The lowest BCUT2D eigenvalue weighted by molar-refractivity contribution is -0.141. The molecule has 5 nitrogen and oxygen atoms in total. The molecule has 0 aliphatic carbocycles. The second-order valence-electron chi connectivity index (χ2n) is 4.42. The second-order valence-corrected chi connectivity index (χ2v) is 4.85. The Morgan fingerprint density at radius 3 is 2.55 bits per heavy atom. The van der Waals surface area contributed by atoms with Crippen LogP contribution in [0.15, 0.2) is 30.5 Å². The first-order chi connectivity index (χ1) is 9.52. The number of hydrogen-bond donors (Lipinski definition) is 1. The van der Waals surface area contributed by atoms with Gasteiger partial charge < -0.3 is 10.1 Å². The molecule has 106 valence electrons. The van der Waals surface area contributed by atoms with Crippen LogP contribution in [0.5, 0.6) is 0 Å². The summed E-state index contributed by atoms with van der Waals surface area (Å²) >= 11 is 5.85. The van der Waals surface area contributed by atoms with Crippen LogP contribution >= 0.6 is 11.6 Å². The Labute approximate surface area is 122 Å². The van der Waals surface area contributed by atoms with Crippen LogP contribution in [0.2, 0.25) is 5.02 Å². The third kappa shape index (κ3) is 2.93. The van der Waals surface area contributed by atoms with E-state index in [1.807, 2.05) is 26.1 Å². The number of ether oxygens (including phenoxy) is 1. The molecule has 0 radical (unpaired) electrons. The summed E-state index contributed by atoms with van der Waals surface area (Å²) in [6.45, 7) is 1.90. The van der Waals surface area contributed by atoms with E-state index in [9.17, 15) is 4.79 Å². The van der Waals surface area contributed by atoms with Gasteiger partial charge in [0.1, 0.15) is 0 Å². The lowest BCUT2D eigenvalue weighted by Gasteiger charge is -2.17. The Morgan fingerprint density at radius 2 is 2.05 bits per heavy atom. The minimum atomic E-state index is -0.602. The standard InChI is InChI=1S/C14H16ClN3O2/c1-9-12(8-16-18(9)2)13(14(19)20-3)17-11-6-4-10(15)5-7-11/h4-8,13,17H,1-3H3. The number of halogens is 1. The van der Waals surface area contributed by atoms with E-state index in [1.165, 1.54) is 7.11 Å². The smallest absolute Gasteiger partial charge is 0.333 e. The van der Waals surface area contributed by atoms with E-state index in [0.29, 0.717) is 5.02 Å². The zero-order valence-electron chi connectivity index (χ0n) is 11.6. The molecule has 0 bridgehead atoms. The van der Waals surface area contributed by atoms with Gasteiger partial charge in [0.25, 0.3) is 0 Å². The quantitative estimate of drug-likeness (QED) is 0.881. The highest BCUT2D eigenvalue weighted by Crippen LogP contribution is 2.24. The van der Waals surface area contributed by atoms with E-state index in [-0.39, 0.29) is 5.97 Å². The summed E-state index contributed by atoms with van der Waals surface area (Å²) in [6.07, 6.45) is 1.67. The summed E-state index contributed by atoms with van der Waals surface area (Å²) in [5.74, 6) is -0.365. The van der Waals surface area contributed by atoms with Crippen molar-refractivity contribution in [3.05, 3.63) is 46.7 Å². The molecule has 0 spiro atoms. The maximum absolute atomic E-state index is 12.0. The molecule has 1 N–H and O–H groups in total. The summed E-state index contributed by atoms with van der Waals surface area (Å²) in [5.41, 5.74) is 2.48. The van der Waals surface area contributed by atoms with Gasteiger partial charge in [-0.15, -0.1) is 0 Å². The Bertz CT molecular complexity index is 607. The van der Waals surface area contributed by atoms with Crippen LogP contribution in [0, 0.1) is 6.92 Å². The molecule has 1 unspecified atom stereocenters. The van der Waals surface area contributed by atoms with Crippen molar-refractivity contribution in [3.8, 4) is 0 Å². The van der Waals surface area contributed by atoms with Crippen molar-refractivity contribution in [1.82, 2.24) is 9.78 Å². The second kappa shape index (κ2) is 5.96. The van der Waals surface area contributed by atoms with Crippen LogP contribution in [-0.4, -0.2) is 22.9 Å². The van der Waals surface area contributed by atoms with E-state index >= 15 is 0 Å². The van der Waals surface area contributed by atoms with Gasteiger partial charge in [0.2, 0.25) is 0 Å². The van der Waals surface area contributed by atoms with Crippen molar-refractivity contribution in [2.75, 3.05) is 12.4 Å². The largest absolute Gasteiger partial charge is 0.467 e. The maximum atomic E-state index is 12.0. The van der Waals surface area contributed by atoms with E-state index in [4.69, 9.17) is 16.3 Å². The highest BCUT2D eigenvalue weighted by molar-refractivity contribution is 6.30. The van der Waals surface area contributed by atoms with Crippen molar-refractivity contribution in [3.63, 3.8) is 0 Å². The van der Waals surface area contributed by atoms with Crippen LogP contribution in [0.25, 0.3) is 0 Å². The fraction of sp³-hybridized carbons (Fsp3) is 0.286. The fourth-order valence-corrected chi connectivity index (χ4v) is 2.02. The average molecular weight is 294 g/mol. The molecule has 0 aliphatic rings. The topological polar surface area (TPSA) is 56.1 Å². The first-order valence-electron chi connectivity index (χ1n) is 6.11. The number of anilines is 1. The van der Waals surface area contributed by atoms with E-state index in [2.05, 4.69) is 10.4 Å². The van der Waals surface area contributed by atoms with Gasteiger partial charge in [-0.2, -0.15) is 5.10 Å². The Kier molecular flexibility index (Phi) is 4.29. The fourth-order valence-electron chi connectivity index (χ4n) is 1.89. The Hall–Kier alpha value is -2.01. The highest BCUT2D eigenvalue weighted by atomic mass is 35.5. The molecule has 0 amide bonds. The number of benzene rings is 1. The molecule has 0 saturated heterocycles. The first kappa shape index (κ1) is 14.4. The molecule has 1 heterocycles. The predicted octanol–water partition coefficient (Wildman–Crippen LogP) is 2.71. The minimum absolute atomic E-state index is 0.365. The van der Waals surface area contributed by atoms with Crippen molar-refractivity contribution in [1.29, 1.82) is 0 Å². The highest BCUT2D eigenvalue weighted by Gasteiger charge is 2.25.